The summed E-state index contributed by atoms with van der Waals surface area (Å²) in [4.78, 5) is 27.1. The Bertz CT molecular complexity index is 994. The quantitative estimate of drug-likeness (QED) is 0.675. The topological polar surface area (TPSA) is 67.3 Å². The summed E-state index contributed by atoms with van der Waals surface area (Å²) in [7, 11) is 0. The molecule has 0 fully saturated rings. The number of carbonyl (C=O) groups is 2. The summed E-state index contributed by atoms with van der Waals surface area (Å²) in [5.74, 6) is -1.88. The van der Waals surface area contributed by atoms with E-state index in [9.17, 15) is 22.8 Å². The van der Waals surface area contributed by atoms with E-state index in [4.69, 9.17) is 5.11 Å². The highest BCUT2D eigenvalue weighted by Crippen LogP contribution is 2.33. The molecule has 0 unspecified atom stereocenters. The van der Waals surface area contributed by atoms with E-state index in [1.165, 1.54) is 36.5 Å². The lowest BCUT2D eigenvalue weighted by Gasteiger charge is -2.12. The Balaban J connectivity index is 1.90. The van der Waals surface area contributed by atoms with Gasteiger partial charge in [0.1, 0.15) is 5.69 Å². The summed E-state index contributed by atoms with van der Waals surface area (Å²) in [6.07, 6.45) is -3.25. The first-order valence-electron chi connectivity index (χ1n) is 7.78. The normalized spacial score (nSPS) is 11.2. The van der Waals surface area contributed by atoms with Crippen LogP contribution in [0.1, 0.15) is 32.0 Å². The molecule has 1 N–H and O–H groups in total. The molecule has 0 spiro atoms. The van der Waals surface area contributed by atoms with Crippen LogP contribution in [0.15, 0.2) is 66.9 Å². The first-order chi connectivity index (χ1) is 12.8. The van der Waals surface area contributed by atoms with Gasteiger partial charge in [-0.1, -0.05) is 48.5 Å². The fraction of sp³-hybridized carbons (Fsp3) is 0.0500. The monoisotopic (exact) mass is 371 g/mol. The van der Waals surface area contributed by atoms with Crippen molar-refractivity contribution in [1.29, 1.82) is 0 Å². The molecule has 3 aromatic rings. The van der Waals surface area contributed by atoms with Gasteiger partial charge in [0.15, 0.2) is 5.78 Å². The summed E-state index contributed by atoms with van der Waals surface area (Å²) < 4.78 is 39.3. The largest absolute Gasteiger partial charge is 0.477 e. The van der Waals surface area contributed by atoms with E-state index in [1.807, 2.05) is 0 Å². The third-order valence-electron chi connectivity index (χ3n) is 3.94. The third-order valence-corrected chi connectivity index (χ3v) is 3.94. The second-order valence-corrected chi connectivity index (χ2v) is 5.69. The molecule has 0 amide bonds. The van der Waals surface area contributed by atoms with Crippen molar-refractivity contribution in [2.75, 3.05) is 0 Å². The Hall–Kier alpha value is -3.48. The van der Waals surface area contributed by atoms with E-state index in [0.717, 1.165) is 12.1 Å². The number of ketones is 1. The average molecular weight is 371 g/mol. The summed E-state index contributed by atoms with van der Waals surface area (Å²) >= 11 is 0. The predicted octanol–water partition coefficient (Wildman–Crippen LogP) is 4.70. The lowest BCUT2D eigenvalue weighted by atomic mass is 9.96. The lowest BCUT2D eigenvalue weighted by Crippen LogP contribution is -2.13. The minimum Gasteiger partial charge on any atom is -0.477 e. The van der Waals surface area contributed by atoms with Crippen LogP contribution in [0.25, 0.3) is 11.1 Å². The molecule has 0 aliphatic rings. The second-order valence-electron chi connectivity index (χ2n) is 5.69. The molecule has 0 atom stereocenters. The number of carbonyl (C=O) groups excluding carboxylic acids is 1. The fourth-order valence-electron chi connectivity index (χ4n) is 2.59. The molecule has 0 aliphatic heterocycles. The fourth-order valence-corrected chi connectivity index (χ4v) is 2.59. The van der Waals surface area contributed by atoms with E-state index < -0.39 is 29.1 Å². The first-order valence-corrected chi connectivity index (χ1v) is 7.78. The number of aromatic carboxylic acids is 1. The van der Waals surface area contributed by atoms with Gasteiger partial charge in [0.25, 0.3) is 0 Å². The third kappa shape index (κ3) is 3.87. The molecule has 0 saturated heterocycles. The summed E-state index contributed by atoms with van der Waals surface area (Å²) in [6.45, 7) is 0. The molecule has 4 nitrogen and oxygen atoms in total. The van der Waals surface area contributed by atoms with Gasteiger partial charge in [-0.15, -0.1) is 0 Å². The van der Waals surface area contributed by atoms with Crippen LogP contribution in [0.3, 0.4) is 0 Å². The maximum Gasteiger partial charge on any atom is 0.417 e. The minimum atomic E-state index is -4.62. The van der Waals surface area contributed by atoms with Gasteiger partial charge in [0.2, 0.25) is 0 Å². The Labute approximate surface area is 151 Å². The number of pyridine rings is 1. The number of aromatic nitrogens is 1. The van der Waals surface area contributed by atoms with Crippen LogP contribution in [0.5, 0.6) is 0 Å². The lowest BCUT2D eigenvalue weighted by molar-refractivity contribution is -0.137. The molecule has 0 bridgehead atoms. The number of rotatable bonds is 4. The van der Waals surface area contributed by atoms with Gasteiger partial charge in [0.05, 0.1) is 5.56 Å². The number of hydrogen-bond donors (Lipinski definition) is 1. The van der Waals surface area contributed by atoms with Crippen molar-refractivity contribution in [2.24, 2.45) is 0 Å². The standard InChI is InChI=1S/C20H12F3NO3/c21-20(22,23)16-4-2-1-3-15(16)18(25)13-7-5-12(6-8-13)14-9-10-17(19(26)27)24-11-14/h1-11H,(H,26,27). The molecule has 1 heterocycles. The summed E-state index contributed by atoms with van der Waals surface area (Å²) in [6, 6.07) is 13.5. The van der Waals surface area contributed by atoms with Crippen LogP contribution in [-0.4, -0.2) is 21.8 Å². The zero-order valence-corrected chi connectivity index (χ0v) is 13.7. The number of nitrogens with zero attached hydrogens (tertiary/aromatic N) is 1. The van der Waals surface area contributed by atoms with Crippen LogP contribution in [0.2, 0.25) is 0 Å². The van der Waals surface area contributed by atoms with Gasteiger partial charge < -0.3 is 5.11 Å². The highest BCUT2D eigenvalue weighted by molar-refractivity contribution is 6.10. The van der Waals surface area contributed by atoms with Crippen molar-refractivity contribution in [3.05, 3.63) is 89.2 Å². The van der Waals surface area contributed by atoms with Crippen molar-refractivity contribution >= 4 is 11.8 Å². The molecule has 1 aromatic heterocycles. The Morgan fingerprint density at radius 3 is 2.04 bits per heavy atom. The molecule has 7 heteroatoms. The van der Waals surface area contributed by atoms with E-state index in [2.05, 4.69) is 4.98 Å². The van der Waals surface area contributed by atoms with Crippen molar-refractivity contribution in [3.63, 3.8) is 0 Å². The number of halogens is 3. The van der Waals surface area contributed by atoms with E-state index in [1.54, 1.807) is 18.2 Å². The number of carboxylic acids is 1. The average Bonchev–Trinajstić information content (AvgIpc) is 2.67. The highest BCUT2D eigenvalue weighted by atomic mass is 19.4. The maximum absolute atomic E-state index is 13.1. The predicted molar refractivity (Wildman–Crippen MR) is 91.5 cm³/mol. The second kappa shape index (κ2) is 7.03. The first kappa shape index (κ1) is 18.3. The maximum atomic E-state index is 13.1. The molecule has 27 heavy (non-hydrogen) atoms. The van der Waals surface area contributed by atoms with Crippen LogP contribution in [-0.2, 0) is 6.18 Å². The molecule has 136 valence electrons. The van der Waals surface area contributed by atoms with E-state index in [0.29, 0.717) is 11.1 Å². The van der Waals surface area contributed by atoms with E-state index >= 15 is 0 Å². The molecule has 0 radical (unpaired) electrons. The van der Waals surface area contributed by atoms with Crippen LogP contribution >= 0.6 is 0 Å². The molecule has 0 saturated carbocycles. The summed E-state index contributed by atoms with van der Waals surface area (Å²) in [5, 5.41) is 8.85. The van der Waals surface area contributed by atoms with Gasteiger partial charge in [-0.3, -0.25) is 4.79 Å². The van der Waals surface area contributed by atoms with Crippen molar-refractivity contribution in [2.45, 2.75) is 6.18 Å². The van der Waals surface area contributed by atoms with Crippen molar-refractivity contribution < 1.29 is 27.9 Å². The van der Waals surface area contributed by atoms with E-state index in [-0.39, 0.29) is 11.3 Å². The van der Waals surface area contributed by atoms with Crippen molar-refractivity contribution in [1.82, 2.24) is 4.98 Å². The Kier molecular flexibility index (Phi) is 4.77. The number of hydrogen-bond acceptors (Lipinski definition) is 3. The molecular weight excluding hydrogens is 359 g/mol. The number of carboxylic acid groups (broad SMARTS) is 1. The zero-order valence-electron chi connectivity index (χ0n) is 13.7. The zero-order chi connectivity index (χ0) is 19.6. The van der Waals surface area contributed by atoms with Gasteiger partial charge >= 0.3 is 12.1 Å². The Morgan fingerprint density at radius 1 is 0.852 bits per heavy atom. The van der Waals surface area contributed by atoms with Gasteiger partial charge in [-0.2, -0.15) is 13.2 Å². The SMILES string of the molecule is O=C(O)c1ccc(-c2ccc(C(=O)c3ccccc3C(F)(F)F)cc2)cn1. The number of alkyl halides is 3. The molecular formula is C20H12F3NO3. The molecule has 0 aliphatic carbocycles. The molecule has 2 aromatic carbocycles. The summed E-state index contributed by atoms with van der Waals surface area (Å²) in [5.41, 5.74) is -0.104. The van der Waals surface area contributed by atoms with Gasteiger partial charge in [-0.25, -0.2) is 9.78 Å². The van der Waals surface area contributed by atoms with Gasteiger partial charge in [-0.05, 0) is 17.7 Å². The minimum absolute atomic E-state index is 0.102. The van der Waals surface area contributed by atoms with Crippen LogP contribution in [0, 0.1) is 0 Å². The highest BCUT2D eigenvalue weighted by Gasteiger charge is 2.34. The molecule has 3 rings (SSSR count). The van der Waals surface area contributed by atoms with Crippen LogP contribution < -0.4 is 0 Å². The smallest absolute Gasteiger partial charge is 0.417 e. The Morgan fingerprint density at radius 2 is 1.48 bits per heavy atom. The van der Waals surface area contributed by atoms with Crippen LogP contribution in [0.4, 0.5) is 13.2 Å². The van der Waals surface area contributed by atoms with Crippen molar-refractivity contribution in [3.8, 4) is 11.1 Å². The number of benzene rings is 2. The van der Waals surface area contributed by atoms with Gasteiger partial charge in [0, 0.05) is 22.9 Å².